The number of esters is 1. The zero-order valence-electron chi connectivity index (χ0n) is 14.6. The number of fused-ring (bicyclic) bond motifs is 1. The van der Waals surface area contributed by atoms with Crippen molar-refractivity contribution < 1.29 is 19.0 Å². The molecule has 0 unspecified atom stereocenters. The van der Waals surface area contributed by atoms with Gasteiger partial charge in [-0.05, 0) is 42.0 Å². The predicted molar refractivity (Wildman–Crippen MR) is 98.2 cm³/mol. The number of ether oxygens (including phenoxy) is 3. The van der Waals surface area contributed by atoms with Crippen molar-refractivity contribution in [3.8, 4) is 34.4 Å². The average molecular weight is 360 g/mol. The molecule has 2 heterocycles. The molecule has 1 aliphatic rings. The van der Waals surface area contributed by atoms with Crippen molar-refractivity contribution in [2.45, 2.75) is 0 Å². The molecule has 0 radical (unpaired) electrons. The highest BCUT2D eigenvalue weighted by molar-refractivity contribution is 5.89. The van der Waals surface area contributed by atoms with Gasteiger partial charge in [0, 0.05) is 23.6 Å². The van der Waals surface area contributed by atoms with Crippen LogP contribution in [0.2, 0.25) is 0 Å². The Morgan fingerprint density at radius 2 is 1.81 bits per heavy atom. The Balaban J connectivity index is 1.71. The molecule has 6 nitrogen and oxygen atoms in total. The van der Waals surface area contributed by atoms with E-state index in [1.807, 2.05) is 29.0 Å². The SMILES string of the molecule is COC(=O)c1ccc(-n2cc(C#N)c(-c3ccc4c(c3)OCCO4)c2)cc1. The van der Waals surface area contributed by atoms with E-state index < -0.39 is 0 Å². The summed E-state index contributed by atoms with van der Waals surface area (Å²) in [5.41, 5.74) is 3.53. The van der Waals surface area contributed by atoms with Crippen molar-refractivity contribution >= 4 is 5.97 Å². The maximum absolute atomic E-state index is 11.6. The number of hydrogen-bond acceptors (Lipinski definition) is 5. The minimum absolute atomic E-state index is 0.385. The first-order chi connectivity index (χ1) is 13.2. The molecule has 0 saturated heterocycles. The van der Waals surface area contributed by atoms with E-state index in [1.165, 1.54) is 7.11 Å². The van der Waals surface area contributed by atoms with Crippen molar-refractivity contribution in [2.24, 2.45) is 0 Å². The lowest BCUT2D eigenvalue weighted by molar-refractivity contribution is 0.0600. The summed E-state index contributed by atoms with van der Waals surface area (Å²) in [6.45, 7) is 1.04. The van der Waals surface area contributed by atoms with Crippen LogP contribution >= 0.6 is 0 Å². The second-order valence-electron chi connectivity index (χ2n) is 6.00. The standard InChI is InChI=1S/C21H16N2O4/c1-25-21(24)14-2-5-17(6-3-14)23-12-16(11-22)18(13-23)15-4-7-19-20(10-15)27-9-8-26-19/h2-7,10,12-13H,8-9H2,1H3. The van der Waals surface area contributed by atoms with Crippen LogP contribution in [0.5, 0.6) is 11.5 Å². The van der Waals surface area contributed by atoms with Gasteiger partial charge in [-0.15, -0.1) is 0 Å². The van der Waals surface area contributed by atoms with Gasteiger partial charge in [-0.1, -0.05) is 6.07 Å². The highest BCUT2D eigenvalue weighted by atomic mass is 16.6. The molecule has 1 aliphatic heterocycles. The van der Waals surface area contributed by atoms with Gasteiger partial charge in [0.2, 0.25) is 0 Å². The molecule has 0 amide bonds. The lowest BCUT2D eigenvalue weighted by atomic mass is 10.0. The van der Waals surface area contributed by atoms with Crippen LogP contribution in [0.1, 0.15) is 15.9 Å². The lowest BCUT2D eigenvalue weighted by Gasteiger charge is -2.18. The average Bonchev–Trinajstić information content (AvgIpc) is 3.17. The van der Waals surface area contributed by atoms with Gasteiger partial charge < -0.3 is 18.8 Å². The molecule has 1 aromatic heterocycles. The molecule has 2 aromatic carbocycles. The molecule has 6 heteroatoms. The number of benzene rings is 2. The number of hydrogen-bond donors (Lipinski definition) is 0. The highest BCUT2D eigenvalue weighted by Crippen LogP contribution is 2.36. The van der Waals surface area contributed by atoms with E-state index in [9.17, 15) is 10.1 Å². The van der Waals surface area contributed by atoms with Gasteiger partial charge in [0.25, 0.3) is 0 Å². The van der Waals surface area contributed by atoms with Crippen LogP contribution < -0.4 is 9.47 Å². The molecule has 0 N–H and O–H groups in total. The quantitative estimate of drug-likeness (QED) is 0.668. The zero-order chi connectivity index (χ0) is 18.8. The second kappa shape index (κ2) is 6.89. The van der Waals surface area contributed by atoms with Crippen molar-refractivity contribution in [1.29, 1.82) is 5.26 Å². The van der Waals surface area contributed by atoms with Gasteiger partial charge in [-0.3, -0.25) is 0 Å². The predicted octanol–water partition coefficient (Wildman–Crippen LogP) is 3.57. The third kappa shape index (κ3) is 3.11. The van der Waals surface area contributed by atoms with E-state index in [0.717, 1.165) is 16.8 Å². The topological polar surface area (TPSA) is 73.5 Å². The summed E-state index contributed by atoms with van der Waals surface area (Å²) >= 11 is 0. The summed E-state index contributed by atoms with van der Waals surface area (Å²) in [6, 6.07) is 14.9. The van der Waals surface area contributed by atoms with Gasteiger partial charge >= 0.3 is 5.97 Å². The van der Waals surface area contributed by atoms with Crippen LogP contribution in [0.3, 0.4) is 0 Å². The number of carbonyl (C=O) groups excluding carboxylic acids is 1. The van der Waals surface area contributed by atoms with Gasteiger partial charge in [0.05, 0.1) is 18.2 Å². The third-order valence-electron chi connectivity index (χ3n) is 4.39. The Morgan fingerprint density at radius 1 is 1.07 bits per heavy atom. The molecule has 3 aromatic rings. The second-order valence-corrected chi connectivity index (χ2v) is 6.00. The number of rotatable bonds is 3. The van der Waals surface area contributed by atoms with Crippen molar-refractivity contribution in [3.05, 3.63) is 66.0 Å². The normalized spacial score (nSPS) is 12.3. The fourth-order valence-corrected chi connectivity index (χ4v) is 3.02. The Bertz CT molecular complexity index is 1050. The molecular weight excluding hydrogens is 344 g/mol. The van der Waals surface area contributed by atoms with Gasteiger partial charge in [0.1, 0.15) is 19.3 Å². The Morgan fingerprint density at radius 3 is 2.52 bits per heavy atom. The van der Waals surface area contributed by atoms with E-state index in [2.05, 4.69) is 6.07 Å². The van der Waals surface area contributed by atoms with Crippen molar-refractivity contribution in [2.75, 3.05) is 20.3 Å². The van der Waals surface area contributed by atoms with Crippen LogP contribution in [0.25, 0.3) is 16.8 Å². The molecule has 0 spiro atoms. The molecule has 4 rings (SSSR count). The van der Waals surface area contributed by atoms with E-state index >= 15 is 0 Å². The molecule has 0 bridgehead atoms. The fraction of sp³-hybridized carbons (Fsp3) is 0.143. The molecule has 134 valence electrons. The summed E-state index contributed by atoms with van der Waals surface area (Å²) in [5, 5.41) is 9.55. The van der Waals surface area contributed by atoms with Crippen molar-refractivity contribution in [3.63, 3.8) is 0 Å². The van der Waals surface area contributed by atoms with E-state index in [-0.39, 0.29) is 5.97 Å². The fourth-order valence-electron chi connectivity index (χ4n) is 3.02. The Labute approximate surface area is 156 Å². The maximum Gasteiger partial charge on any atom is 0.337 e. The summed E-state index contributed by atoms with van der Waals surface area (Å²) in [5.74, 6) is 1.00. The number of carbonyl (C=O) groups is 1. The molecular formula is C21H16N2O4. The van der Waals surface area contributed by atoms with E-state index in [1.54, 1.807) is 30.5 Å². The van der Waals surface area contributed by atoms with Crippen LogP contribution in [-0.2, 0) is 4.74 Å². The van der Waals surface area contributed by atoms with E-state index in [0.29, 0.717) is 35.8 Å². The smallest absolute Gasteiger partial charge is 0.337 e. The first-order valence-corrected chi connectivity index (χ1v) is 8.40. The van der Waals surface area contributed by atoms with Crippen molar-refractivity contribution in [1.82, 2.24) is 4.57 Å². The zero-order valence-corrected chi connectivity index (χ0v) is 14.6. The molecule has 27 heavy (non-hydrogen) atoms. The molecule has 0 fully saturated rings. The van der Waals surface area contributed by atoms with Gasteiger partial charge in [-0.25, -0.2) is 4.79 Å². The van der Waals surface area contributed by atoms with Crippen LogP contribution in [0.15, 0.2) is 54.9 Å². The highest BCUT2D eigenvalue weighted by Gasteiger charge is 2.16. The Kier molecular flexibility index (Phi) is 4.27. The number of nitriles is 1. The first kappa shape index (κ1) is 16.7. The maximum atomic E-state index is 11.6. The molecule has 0 atom stereocenters. The molecule has 0 aliphatic carbocycles. The van der Waals surface area contributed by atoms with Crippen LogP contribution in [0.4, 0.5) is 0 Å². The van der Waals surface area contributed by atoms with Crippen LogP contribution in [0, 0.1) is 11.3 Å². The monoisotopic (exact) mass is 360 g/mol. The van der Waals surface area contributed by atoms with Gasteiger partial charge in [0.15, 0.2) is 11.5 Å². The number of nitrogens with zero attached hydrogens (tertiary/aromatic N) is 2. The van der Waals surface area contributed by atoms with Gasteiger partial charge in [-0.2, -0.15) is 5.26 Å². The summed E-state index contributed by atoms with van der Waals surface area (Å²) in [6.07, 6.45) is 3.65. The first-order valence-electron chi connectivity index (χ1n) is 8.40. The largest absolute Gasteiger partial charge is 0.486 e. The summed E-state index contributed by atoms with van der Waals surface area (Å²) < 4.78 is 17.8. The minimum Gasteiger partial charge on any atom is -0.486 e. The number of methoxy groups -OCH3 is 1. The van der Waals surface area contributed by atoms with Crippen LogP contribution in [-0.4, -0.2) is 30.9 Å². The third-order valence-corrected chi connectivity index (χ3v) is 4.39. The van der Waals surface area contributed by atoms with E-state index in [4.69, 9.17) is 14.2 Å². The molecule has 0 saturated carbocycles. The summed E-state index contributed by atoms with van der Waals surface area (Å²) in [7, 11) is 1.35. The lowest BCUT2D eigenvalue weighted by Crippen LogP contribution is -2.15. The Hall–Kier alpha value is -3.72. The summed E-state index contributed by atoms with van der Waals surface area (Å²) in [4.78, 5) is 11.6. The number of aromatic nitrogens is 1. The minimum atomic E-state index is -0.385.